The molecular formula is C19H20N4O2S. The molecule has 3 aromatic rings. The van der Waals surface area contributed by atoms with E-state index in [0.717, 1.165) is 27.2 Å². The highest BCUT2D eigenvalue weighted by Gasteiger charge is 2.26. The van der Waals surface area contributed by atoms with E-state index >= 15 is 0 Å². The van der Waals surface area contributed by atoms with Gasteiger partial charge in [0.25, 0.3) is 0 Å². The molecule has 1 amide bonds. The molecule has 1 N–H and O–H groups in total. The lowest BCUT2D eigenvalue weighted by molar-refractivity contribution is -0.131. The van der Waals surface area contributed by atoms with Crippen molar-refractivity contribution in [1.82, 2.24) is 14.9 Å². The maximum absolute atomic E-state index is 12.4. The molecule has 1 aromatic carbocycles. The van der Waals surface area contributed by atoms with Gasteiger partial charge in [-0.3, -0.25) is 4.79 Å². The van der Waals surface area contributed by atoms with Crippen LogP contribution in [0.3, 0.4) is 0 Å². The number of carbonyl (C=O) groups excluding carboxylic acids is 1. The highest BCUT2D eigenvalue weighted by molar-refractivity contribution is 7.17. The molecule has 0 radical (unpaired) electrons. The normalized spacial score (nSPS) is 15.1. The van der Waals surface area contributed by atoms with E-state index in [4.69, 9.17) is 5.11 Å². The maximum atomic E-state index is 12.4. The summed E-state index contributed by atoms with van der Waals surface area (Å²) in [5, 5.41) is 12.2. The molecule has 1 fully saturated rings. The van der Waals surface area contributed by atoms with Gasteiger partial charge < -0.3 is 14.9 Å². The van der Waals surface area contributed by atoms with E-state index < -0.39 is 0 Å². The van der Waals surface area contributed by atoms with Gasteiger partial charge in [0.1, 0.15) is 17.0 Å². The van der Waals surface area contributed by atoms with Crippen LogP contribution in [0.5, 0.6) is 0 Å². The first-order valence-corrected chi connectivity index (χ1v) is 9.48. The van der Waals surface area contributed by atoms with Crippen LogP contribution in [-0.4, -0.2) is 58.7 Å². The molecule has 0 bridgehead atoms. The van der Waals surface area contributed by atoms with Crippen molar-refractivity contribution in [2.45, 2.75) is 6.92 Å². The highest BCUT2D eigenvalue weighted by Crippen LogP contribution is 2.38. The summed E-state index contributed by atoms with van der Waals surface area (Å²) in [7, 11) is 0. The summed E-state index contributed by atoms with van der Waals surface area (Å²) < 4.78 is 0. The molecule has 6 nitrogen and oxygen atoms in total. The molecule has 1 saturated heterocycles. The lowest BCUT2D eigenvalue weighted by Gasteiger charge is -2.34. The molecule has 0 unspecified atom stereocenters. The minimum atomic E-state index is -0.00834. The molecule has 134 valence electrons. The number of β-amino-alcohol motifs (C(OH)–C–C–N with tert-alkyl or cyclic N) is 1. The van der Waals surface area contributed by atoms with Crippen LogP contribution >= 0.6 is 11.3 Å². The Kier molecular flexibility index (Phi) is 4.57. The van der Waals surface area contributed by atoms with Gasteiger partial charge in [-0.05, 0) is 12.5 Å². The monoisotopic (exact) mass is 368 g/mol. The minimum Gasteiger partial charge on any atom is -0.395 e. The second-order valence-electron chi connectivity index (χ2n) is 6.42. The van der Waals surface area contributed by atoms with Crippen LogP contribution < -0.4 is 4.90 Å². The number of benzene rings is 1. The summed E-state index contributed by atoms with van der Waals surface area (Å²) in [5.41, 5.74) is 3.45. The summed E-state index contributed by atoms with van der Waals surface area (Å²) >= 11 is 1.59. The number of aliphatic hydroxyl groups is 1. The SMILES string of the molecule is Cc1ccc(-c2csc3ncnc(N4CCN(CCO)C(=O)C4)c23)cc1. The Balaban J connectivity index is 1.73. The van der Waals surface area contributed by atoms with Crippen molar-refractivity contribution in [2.24, 2.45) is 0 Å². The standard InChI is InChI=1S/C19H20N4O2S/c1-13-2-4-14(5-3-13)15-11-26-19-17(15)18(20-12-21-19)23-7-6-22(8-9-24)16(25)10-23/h2-5,11-12,24H,6-10H2,1H3. The zero-order valence-electron chi connectivity index (χ0n) is 14.6. The van der Waals surface area contributed by atoms with Gasteiger partial charge in [0, 0.05) is 30.6 Å². The second kappa shape index (κ2) is 7.01. The average Bonchev–Trinajstić information content (AvgIpc) is 3.08. The van der Waals surface area contributed by atoms with Crippen LogP contribution in [0, 0.1) is 6.92 Å². The lowest BCUT2D eigenvalue weighted by Crippen LogP contribution is -2.51. The van der Waals surface area contributed by atoms with Gasteiger partial charge in [-0.15, -0.1) is 11.3 Å². The van der Waals surface area contributed by atoms with E-state index in [1.54, 1.807) is 22.6 Å². The summed E-state index contributed by atoms with van der Waals surface area (Å²) in [5.74, 6) is 0.827. The third-order valence-electron chi connectivity index (χ3n) is 4.70. The Labute approximate surface area is 155 Å². The number of fused-ring (bicyclic) bond motifs is 1. The van der Waals surface area contributed by atoms with Gasteiger partial charge >= 0.3 is 0 Å². The van der Waals surface area contributed by atoms with Gasteiger partial charge in [-0.25, -0.2) is 9.97 Å². The Hall–Kier alpha value is -2.51. The number of aryl methyl sites for hydroxylation is 1. The van der Waals surface area contributed by atoms with Crippen molar-refractivity contribution in [3.05, 3.63) is 41.5 Å². The molecule has 0 aliphatic carbocycles. The van der Waals surface area contributed by atoms with Crippen LogP contribution in [0.2, 0.25) is 0 Å². The quantitative estimate of drug-likeness (QED) is 0.765. The number of anilines is 1. The van der Waals surface area contributed by atoms with Crippen molar-refractivity contribution in [3.63, 3.8) is 0 Å². The Morgan fingerprint density at radius 3 is 2.73 bits per heavy atom. The van der Waals surface area contributed by atoms with E-state index in [0.29, 0.717) is 19.6 Å². The maximum Gasteiger partial charge on any atom is 0.242 e. The third kappa shape index (κ3) is 3.04. The number of rotatable bonds is 4. The van der Waals surface area contributed by atoms with Crippen molar-refractivity contribution in [3.8, 4) is 11.1 Å². The van der Waals surface area contributed by atoms with Gasteiger partial charge in [0.15, 0.2) is 0 Å². The Morgan fingerprint density at radius 2 is 2.00 bits per heavy atom. The summed E-state index contributed by atoms with van der Waals surface area (Å²) in [6, 6.07) is 8.41. The van der Waals surface area contributed by atoms with Gasteiger partial charge in [0.2, 0.25) is 5.91 Å². The summed E-state index contributed by atoms with van der Waals surface area (Å²) in [6.07, 6.45) is 1.57. The van der Waals surface area contributed by atoms with Crippen LogP contribution in [0.4, 0.5) is 5.82 Å². The Morgan fingerprint density at radius 1 is 1.19 bits per heavy atom. The number of piperazine rings is 1. The predicted molar refractivity (Wildman–Crippen MR) is 103 cm³/mol. The smallest absolute Gasteiger partial charge is 0.242 e. The van der Waals surface area contributed by atoms with Crippen molar-refractivity contribution >= 4 is 33.3 Å². The number of hydrogen-bond acceptors (Lipinski definition) is 6. The molecule has 26 heavy (non-hydrogen) atoms. The molecular weight excluding hydrogens is 348 g/mol. The third-order valence-corrected chi connectivity index (χ3v) is 5.59. The van der Waals surface area contributed by atoms with Gasteiger partial charge in [-0.2, -0.15) is 0 Å². The fourth-order valence-corrected chi connectivity index (χ4v) is 4.20. The molecule has 0 spiro atoms. The van der Waals surface area contributed by atoms with Crippen molar-refractivity contribution < 1.29 is 9.90 Å². The first-order valence-electron chi connectivity index (χ1n) is 8.60. The molecule has 1 aliphatic rings. The first kappa shape index (κ1) is 16.9. The van der Waals surface area contributed by atoms with Crippen molar-refractivity contribution in [2.75, 3.05) is 37.7 Å². The lowest BCUT2D eigenvalue weighted by atomic mass is 10.0. The predicted octanol–water partition coefficient (Wildman–Crippen LogP) is 2.31. The fourth-order valence-electron chi connectivity index (χ4n) is 3.29. The number of nitrogens with zero attached hydrogens (tertiary/aromatic N) is 4. The van der Waals surface area contributed by atoms with Gasteiger partial charge in [-0.1, -0.05) is 29.8 Å². The highest BCUT2D eigenvalue weighted by atomic mass is 32.1. The molecule has 4 rings (SSSR count). The number of hydrogen-bond donors (Lipinski definition) is 1. The number of aromatic nitrogens is 2. The first-order chi connectivity index (χ1) is 12.7. The number of thiophene rings is 1. The van der Waals surface area contributed by atoms with E-state index in [2.05, 4.69) is 46.5 Å². The molecule has 0 saturated carbocycles. The number of aliphatic hydroxyl groups excluding tert-OH is 1. The van der Waals surface area contributed by atoms with Crippen LogP contribution in [0.25, 0.3) is 21.3 Å². The molecule has 7 heteroatoms. The Bertz CT molecular complexity index is 938. The molecule has 0 atom stereocenters. The van der Waals surface area contributed by atoms with Crippen molar-refractivity contribution in [1.29, 1.82) is 0 Å². The summed E-state index contributed by atoms with van der Waals surface area (Å²) in [4.78, 5) is 25.9. The van der Waals surface area contributed by atoms with E-state index in [9.17, 15) is 4.79 Å². The largest absolute Gasteiger partial charge is 0.395 e. The van der Waals surface area contributed by atoms with Crippen LogP contribution in [0.15, 0.2) is 36.0 Å². The summed E-state index contributed by atoms with van der Waals surface area (Å²) in [6.45, 7) is 4.01. The number of amides is 1. The zero-order valence-corrected chi connectivity index (χ0v) is 15.4. The van der Waals surface area contributed by atoms with E-state index in [-0.39, 0.29) is 19.1 Å². The number of carbonyl (C=O) groups is 1. The molecule has 2 aromatic heterocycles. The van der Waals surface area contributed by atoms with E-state index in [1.807, 2.05) is 4.90 Å². The molecule has 1 aliphatic heterocycles. The molecule has 3 heterocycles. The fraction of sp³-hybridized carbons (Fsp3) is 0.316. The zero-order chi connectivity index (χ0) is 18.1. The van der Waals surface area contributed by atoms with Gasteiger partial charge in [0.05, 0.1) is 18.5 Å². The van der Waals surface area contributed by atoms with Crippen LogP contribution in [-0.2, 0) is 4.79 Å². The topological polar surface area (TPSA) is 69.6 Å². The average molecular weight is 368 g/mol. The van der Waals surface area contributed by atoms with E-state index in [1.165, 1.54) is 5.56 Å². The second-order valence-corrected chi connectivity index (χ2v) is 7.28. The van der Waals surface area contributed by atoms with Crippen LogP contribution in [0.1, 0.15) is 5.56 Å². The minimum absolute atomic E-state index is 0.00834.